The number of thiazole rings is 1. The molecule has 0 aliphatic heterocycles. The maximum Gasteiger partial charge on any atom is 0.365 e. The fraction of sp³-hybridized carbons (Fsp3) is 0.583. The van der Waals surface area contributed by atoms with E-state index < -0.39 is 5.97 Å². The lowest BCUT2D eigenvalue weighted by Crippen LogP contribution is -2.32. The highest BCUT2D eigenvalue weighted by Crippen LogP contribution is 2.15. The summed E-state index contributed by atoms with van der Waals surface area (Å²) < 4.78 is 0. The number of hydrogen-bond acceptors (Lipinski definition) is 5. The highest BCUT2D eigenvalue weighted by atomic mass is 32.1. The Kier molecular flexibility index (Phi) is 5.91. The summed E-state index contributed by atoms with van der Waals surface area (Å²) >= 11 is 0.920. The first-order valence-electron chi connectivity index (χ1n) is 6.08. The molecule has 0 atom stereocenters. The summed E-state index contributed by atoms with van der Waals surface area (Å²) in [5.41, 5.74) is 0. The van der Waals surface area contributed by atoms with E-state index in [1.165, 1.54) is 6.20 Å². The predicted octanol–water partition coefficient (Wildman–Crippen LogP) is 1.26. The number of carboxylic acid groups (broad SMARTS) is 1. The minimum atomic E-state index is -1.10. The summed E-state index contributed by atoms with van der Waals surface area (Å²) in [5, 5.41) is 8.75. The van der Waals surface area contributed by atoms with Gasteiger partial charge in [0, 0.05) is 13.1 Å². The van der Waals surface area contributed by atoms with Crippen LogP contribution in [0.25, 0.3) is 0 Å². The van der Waals surface area contributed by atoms with Crippen LogP contribution >= 0.6 is 11.3 Å². The topological polar surface area (TPSA) is 73.7 Å². The van der Waals surface area contributed by atoms with Gasteiger partial charge in [-0.1, -0.05) is 0 Å². The van der Waals surface area contributed by atoms with Crippen molar-refractivity contribution in [2.45, 2.75) is 13.3 Å². The predicted molar refractivity (Wildman–Crippen MR) is 73.8 cm³/mol. The standard InChI is InChI=1S/C12H19N3O3S/c1-4-15(7-5-6-14(2)3)11(16)9-8-13-10(19-9)12(17)18/h8H,4-7H2,1-3H3,(H,17,18). The van der Waals surface area contributed by atoms with E-state index in [-0.39, 0.29) is 10.9 Å². The van der Waals surface area contributed by atoms with Gasteiger partial charge in [-0.15, -0.1) is 11.3 Å². The molecule has 0 aromatic carbocycles. The Bertz CT molecular complexity index is 445. The molecule has 7 heteroatoms. The van der Waals surface area contributed by atoms with Gasteiger partial charge in [-0.05, 0) is 34.0 Å². The molecule has 1 rings (SSSR count). The van der Waals surface area contributed by atoms with Crippen molar-refractivity contribution in [3.63, 3.8) is 0 Å². The van der Waals surface area contributed by atoms with Gasteiger partial charge in [-0.2, -0.15) is 0 Å². The van der Waals surface area contributed by atoms with Crippen molar-refractivity contribution in [3.8, 4) is 0 Å². The lowest BCUT2D eigenvalue weighted by molar-refractivity contribution is 0.0695. The molecule has 0 unspecified atom stereocenters. The Morgan fingerprint density at radius 3 is 2.53 bits per heavy atom. The zero-order chi connectivity index (χ0) is 14.4. The molecule has 0 saturated carbocycles. The molecular formula is C12H19N3O3S. The first-order valence-corrected chi connectivity index (χ1v) is 6.90. The number of amides is 1. The Balaban J connectivity index is 2.64. The van der Waals surface area contributed by atoms with Crippen molar-refractivity contribution >= 4 is 23.2 Å². The lowest BCUT2D eigenvalue weighted by Gasteiger charge is -2.20. The van der Waals surface area contributed by atoms with Crippen molar-refractivity contribution in [2.24, 2.45) is 0 Å². The molecule has 1 N–H and O–H groups in total. The third-order valence-corrected chi connectivity index (χ3v) is 3.58. The Morgan fingerprint density at radius 2 is 2.05 bits per heavy atom. The SMILES string of the molecule is CCN(CCCN(C)C)C(=O)c1cnc(C(=O)O)s1. The third kappa shape index (κ3) is 4.60. The molecule has 0 radical (unpaired) electrons. The van der Waals surface area contributed by atoms with Crippen molar-refractivity contribution in [1.29, 1.82) is 0 Å². The number of nitrogens with zero attached hydrogens (tertiary/aromatic N) is 3. The van der Waals surface area contributed by atoms with Gasteiger partial charge in [0.2, 0.25) is 5.01 Å². The van der Waals surface area contributed by atoms with Crippen LogP contribution in [0, 0.1) is 0 Å². The van der Waals surface area contributed by atoms with E-state index in [0.717, 1.165) is 24.3 Å². The molecule has 106 valence electrons. The molecule has 0 aliphatic carbocycles. The molecule has 0 fully saturated rings. The van der Waals surface area contributed by atoms with Crippen LogP contribution in [0.3, 0.4) is 0 Å². The summed E-state index contributed by atoms with van der Waals surface area (Å²) in [6, 6.07) is 0. The molecule has 0 spiro atoms. The van der Waals surface area contributed by atoms with Crippen molar-refractivity contribution in [2.75, 3.05) is 33.7 Å². The van der Waals surface area contributed by atoms with Crippen molar-refractivity contribution in [1.82, 2.24) is 14.8 Å². The zero-order valence-corrected chi connectivity index (χ0v) is 12.2. The molecule has 1 aromatic heterocycles. The van der Waals surface area contributed by atoms with Gasteiger partial charge >= 0.3 is 5.97 Å². The molecule has 6 nitrogen and oxygen atoms in total. The Hall–Kier alpha value is -1.47. The van der Waals surface area contributed by atoms with E-state index in [4.69, 9.17) is 5.11 Å². The van der Waals surface area contributed by atoms with Gasteiger partial charge in [0.15, 0.2) is 0 Å². The van der Waals surface area contributed by atoms with Gasteiger partial charge in [0.05, 0.1) is 6.20 Å². The van der Waals surface area contributed by atoms with E-state index in [0.29, 0.717) is 18.0 Å². The van der Waals surface area contributed by atoms with E-state index in [9.17, 15) is 9.59 Å². The number of aromatic nitrogens is 1. The lowest BCUT2D eigenvalue weighted by atomic mass is 10.3. The third-order valence-electron chi connectivity index (χ3n) is 2.60. The molecular weight excluding hydrogens is 266 g/mol. The maximum atomic E-state index is 12.2. The van der Waals surface area contributed by atoms with E-state index in [2.05, 4.69) is 9.88 Å². The smallest absolute Gasteiger partial charge is 0.365 e. The fourth-order valence-electron chi connectivity index (χ4n) is 1.61. The van der Waals surface area contributed by atoms with Crippen LogP contribution in [-0.4, -0.2) is 65.5 Å². The maximum absolute atomic E-state index is 12.2. The van der Waals surface area contributed by atoms with Crippen LogP contribution in [0.1, 0.15) is 32.8 Å². The van der Waals surface area contributed by atoms with Crippen molar-refractivity contribution in [3.05, 3.63) is 16.1 Å². The van der Waals surface area contributed by atoms with Gasteiger partial charge in [0.25, 0.3) is 5.91 Å². The van der Waals surface area contributed by atoms with Crippen LogP contribution in [0.4, 0.5) is 0 Å². The van der Waals surface area contributed by atoms with Crippen LogP contribution < -0.4 is 0 Å². The number of carbonyl (C=O) groups excluding carboxylic acids is 1. The second-order valence-electron chi connectivity index (χ2n) is 4.38. The normalized spacial score (nSPS) is 10.7. The van der Waals surface area contributed by atoms with Gasteiger partial charge in [-0.3, -0.25) is 4.79 Å². The average molecular weight is 285 g/mol. The number of rotatable bonds is 7. The van der Waals surface area contributed by atoms with Crippen LogP contribution in [-0.2, 0) is 0 Å². The van der Waals surface area contributed by atoms with Crippen molar-refractivity contribution < 1.29 is 14.7 Å². The molecule has 0 aliphatic rings. The van der Waals surface area contributed by atoms with Gasteiger partial charge in [0.1, 0.15) is 4.88 Å². The minimum absolute atomic E-state index is 0.0484. The fourth-order valence-corrected chi connectivity index (χ4v) is 2.33. The summed E-state index contributed by atoms with van der Waals surface area (Å²) in [6.07, 6.45) is 2.22. The number of carboxylic acids is 1. The first kappa shape index (κ1) is 15.6. The minimum Gasteiger partial charge on any atom is -0.476 e. The number of aromatic carboxylic acids is 1. The summed E-state index contributed by atoms with van der Waals surface area (Å²) in [5.74, 6) is -1.24. The van der Waals surface area contributed by atoms with E-state index >= 15 is 0 Å². The van der Waals surface area contributed by atoms with Gasteiger partial charge in [-0.25, -0.2) is 9.78 Å². The molecule has 19 heavy (non-hydrogen) atoms. The second kappa shape index (κ2) is 7.20. The summed E-state index contributed by atoms with van der Waals surface area (Å²) in [4.78, 5) is 30.8. The zero-order valence-electron chi connectivity index (χ0n) is 11.4. The molecule has 1 amide bonds. The van der Waals surface area contributed by atoms with E-state index in [1.54, 1.807) is 4.90 Å². The van der Waals surface area contributed by atoms with Gasteiger partial charge < -0.3 is 14.9 Å². The Morgan fingerprint density at radius 1 is 1.37 bits per heavy atom. The Labute approximate surface area is 116 Å². The quantitative estimate of drug-likeness (QED) is 0.816. The monoisotopic (exact) mass is 285 g/mol. The molecule has 1 heterocycles. The highest BCUT2D eigenvalue weighted by molar-refractivity contribution is 7.15. The molecule has 0 saturated heterocycles. The summed E-state index contributed by atoms with van der Waals surface area (Å²) in [6.45, 7) is 4.08. The average Bonchev–Trinajstić information content (AvgIpc) is 2.83. The molecule has 1 aromatic rings. The summed E-state index contributed by atoms with van der Waals surface area (Å²) in [7, 11) is 3.97. The molecule has 0 bridgehead atoms. The van der Waals surface area contributed by atoms with E-state index in [1.807, 2.05) is 21.0 Å². The second-order valence-corrected chi connectivity index (χ2v) is 5.41. The van der Waals surface area contributed by atoms with Crippen LogP contribution in [0.15, 0.2) is 6.20 Å². The van der Waals surface area contributed by atoms with Crippen LogP contribution in [0.2, 0.25) is 0 Å². The highest BCUT2D eigenvalue weighted by Gasteiger charge is 2.19. The number of carbonyl (C=O) groups is 2. The number of hydrogen-bond donors (Lipinski definition) is 1. The van der Waals surface area contributed by atoms with Crippen LogP contribution in [0.5, 0.6) is 0 Å². The largest absolute Gasteiger partial charge is 0.476 e. The first-order chi connectivity index (χ1) is 8.95.